The van der Waals surface area contributed by atoms with Gasteiger partial charge in [-0.15, -0.1) is 10.2 Å². The van der Waals surface area contributed by atoms with Crippen LogP contribution in [0, 0.1) is 13.8 Å². The number of halogens is 1. The van der Waals surface area contributed by atoms with Crippen molar-refractivity contribution in [3.8, 4) is 10.6 Å². The number of fused-ring (bicyclic) bond motifs is 1. The summed E-state index contributed by atoms with van der Waals surface area (Å²) in [5.41, 5.74) is 3.02. The van der Waals surface area contributed by atoms with Gasteiger partial charge in [-0.2, -0.15) is 9.61 Å². The maximum atomic E-state index is 12.5. The Bertz CT molecular complexity index is 1130. The maximum absolute atomic E-state index is 12.5. The molecule has 26 heavy (non-hydrogen) atoms. The third-order valence-corrected chi connectivity index (χ3v) is 5.14. The number of carbonyl (C=O) groups excluding carboxylic acids is 1. The fourth-order valence-corrected chi connectivity index (χ4v) is 3.77. The van der Waals surface area contributed by atoms with Crippen molar-refractivity contribution in [1.29, 1.82) is 0 Å². The summed E-state index contributed by atoms with van der Waals surface area (Å²) in [6, 6.07) is 12.9. The minimum atomic E-state index is -0.249. The molecule has 6 nitrogen and oxygen atoms in total. The fraction of sp³-hybridized carbons (Fsp3) is 0.111. The van der Waals surface area contributed by atoms with Gasteiger partial charge in [-0.1, -0.05) is 41.1 Å². The first-order valence-electron chi connectivity index (χ1n) is 7.88. The Morgan fingerprint density at radius 2 is 2.00 bits per heavy atom. The van der Waals surface area contributed by atoms with Crippen LogP contribution in [-0.4, -0.2) is 25.7 Å². The number of aromatic nitrogens is 4. The molecule has 8 heteroatoms. The zero-order valence-corrected chi connectivity index (χ0v) is 15.6. The second-order valence-electron chi connectivity index (χ2n) is 5.87. The molecule has 130 valence electrons. The van der Waals surface area contributed by atoms with Gasteiger partial charge in [0.2, 0.25) is 4.96 Å². The Morgan fingerprint density at radius 1 is 1.15 bits per heavy atom. The molecule has 1 amide bonds. The average molecular weight is 384 g/mol. The van der Waals surface area contributed by atoms with Gasteiger partial charge >= 0.3 is 0 Å². The lowest BCUT2D eigenvalue weighted by Crippen LogP contribution is -2.12. The van der Waals surface area contributed by atoms with E-state index in [9.17, 15) is 4.79 Å². The number of nitrogens with zero attached hydrogens (tertiary/aromatic N) is 4. The Morgan fingerprint density at radius 3 is 2.77 bits per heavy atom. The van der Waals surface area contributed by atoms with Crippen molar-refractivity contribution in [1.82, 2.24) is 19.8 Å². The molecule has 0 aliphatic heterocycles. The molecule has 2 aromatic carbocycles. The zero-order valence-electron chi connectivity index (χ0n) is 14.0. The Balaban J connectivity index is 1.62. The molecule has 0 radical (unpaired) electrons. The molecule has 2 heterocycles. The van der Waals surface area contributed by atoms with E-state index in [-0.39, 0.29) is 5.91 Å². The number of anilines is 1. The predicted octanol–water partition coefficient (Wildman–Crippen LogP) is 4.38. The second-order valence-corrected chi connectivity index (χ2v) is 7.23. The van der Waals surface area contributed by atoms with Crippen LogP contribution in [0.4, 0.5) is 5.69 Å². The number of carbonyl (C=O) groups is 1. The van der Waals surface area contributed by atoms with E-state index in [1.165, 1.54) is 11.3 Å². The molecular formula is C18H14ClN5OS. The van der Waals surface area contributed by atoms with Crippen LogP contribution >= 0.6 is 22.9 Å². The van der Waals surface area contributed by atoms with Crippen LogP contribution in [0.3, 0.4) is 0 Å². The average Bonchev–Trinajstić information content (AvgIpc) is 3.17. The highest BCUT2D eigenvalue weighted by atomic mass is 35.5. The smallest absolute Gasteiger partial charge is 0.257 e. The molecule has 0 aliphatic carbocycles. The van der Waals surface area contributed by atoms with Crippen molar-refractivity contribution >= 4 is 39.5 Å². The number of hydrogen-bond acceptors (Lipinski definition) is 5. The van der Waals surface area contributed by atoms with E-state index in [1.807, 2.05) is 44.2 Å². The molecule has 0 spiro atoms. The van der Waals surface area contributed by atoms with Gasteiger partial charge in [0, 0.05) is 11.3 Å². The highest BCUT2D eigenvalue weighted by Crippen LogP contribution is 2.28. The minimum Gasteiger partial charge on any atom is -0.322 e. The monoisotopic (exact) mass is 383 g/mol. The molecule has 0 atom stereocenters. The van der Waals surface area contributed by atoms with E-state index in [4.69, 9.17) is 11.6 Å². The molecular weight excluding hydrogens is 370 g/mol. The van der Waals surface area contributed by atoms with Crippen molar-refractivity contribution in [3.63, 3.8) is 0 Å². The van der Waals surface area contributed by atoms with Crippen LogP contribution in [0.25, 0.3) is 15.5 Å². The van der Waals surface area contributed by atoms with E-state index >= 15 is 0 Å². The quantitative estimate of drug-likeness (QED) is 0.570. The van der Waals surface area contributed by atoms with Crippen molar-refractivity contribution in [2.24, 2.45) is 0 Å². The Labute approximate surface area is 158 Å². The van der Waals surface area contributed by atoms with Crippen LogP contribution < -0.4 is 5.32 Å². The van der Waals surface area contributed by atoms with Gasteiger partial charge in [0.1, 0.15) is 5.01 Å². The Hall–Kier alpha value is -2.77. The van der Waals surface area contributed by atoms with E-state index in [1.54, 1.807) is 16.6 Å². The van der Waals surface area contributed by atoms with Crippen LogP contribution in [0.5, 0.6) is 0 Å². The molecule has 0 saturated carbocycles. The number of nitrogens with one attached hydrogen (secondary N) is 1. The van der Waals surface area contributed by atoms with Crippen LogP contribution in [-0.2, 0) is 0 Å². The molecule has 0 saturated heterocycles. The maximum Gasteiger partial charge on any atom is 0.257 e. The lowest BCUT2D eigenvalue weighted by atomic mass is 10.1. The predicted molar refractivity (Wildman–Crippen MR) is 103 cm³/mol. The summed E-state index contributed by atoms with van der Waals surface area (Å²) >= 11 is 7.62. The van der Waals surface area contributed by atoms with E-state index < -0.39 is 0 Å². The van der Waals surface area contributed by atoms with Crippen molar-refractivity contribution < 1.29 is 4.79 Å². The van der Waals surface area contributed by atoms with Crippen molar-refractivity contribution in [2.75, 3.05) is 5.32 Å². The molecule has 0 unspecified atom stereocenters. The normalized spacial score (nSPS) is 11.0. The highest BCUT2D eigenvalue weighted by Gasteiger charge is 2.13. The third kappa shape index (κ3) is 3.07. The SMILES string of the molecule is Cc1ccc(C(=O)Nc2cccc(-c3nn4c(C)nnc4s3)c2)c(Cl)c1. The number of rotatable bonds is 3. The summed E-state index contributed by atoms with van der Waals surface area (Å²) in [5, 5.41) is 16.7. The number of amides is 1. The van der Waals surface area contributed by atoms with Crippen LogP contribution in [0.1, 0.15) is 21.7 Å². The standard InChI is InChI=1S/C18H14ClN5OS/c1-10-6-7-14(15(19)8-10)16(25)20-13-5-3-4-12(9-13)17-23-24-11(2)21-22-18(24)26-17/h3-9H,1-2H3,(H,20,25). The van der Waals surface area contributed by atoms with E-state index in [0.29, 0.717) is 16.3 Å². The molecule has 0 fully saturated rings. The fourth-order valence-electron chi connectivity index (χ4n) is 2.56. The zero-order chi connectivity index (χ0) is 18.3. The van der Waals surface area contributed by atoms with Gasteiger partial charge in [-0.3, -0.25) is 4.79 Å². The first-order chi connectivity index (χ1) is 12.5. The summed E-state index contributed by atoms with van der Waals surface area (Å²) in [4.78, 5) is 13.2. The minimum absolute atomic E-state index is 0.249. The Kier molecular flexibility index (Phi) is 4.18. The van der Waals surface area contributed by atoms with Crippen molar-refractivity contribution in [3.05, 3.63) is 64.4 Å². The lowest BCUT2D eigenvalue weighted by Gasteiger charge is -2.08. The lowest BCUT2D eigenvalue weighted by molar-refractivity contribution is 0.102. The van der Waals surface area contributed by atoms with Gasteiger partial charge in [0.15, 0.2) is 5.82 Å². The number of aryl methyl sites for hydroxylation is 2. The summed E-state index contributed by atoms with van der Waals surface area (Å²) in [5.74, 6) is 0.488. The second kappa shape index (κ2) is 6.51. The first kappa shape index (κ1) is 16.7. The molecule has 1 N–H and O–H groups in total. The highest BCUT2D eigenvalue weighted by molar-refractivity contribution is 7.19. The largest absolute Gasteiger partial charge is 0.322 e. The summed E-state index contributed by atoms with van der Waals surface area (Å²) in [7, 11) is 0. The first-order valence-corrected chi connectivity index (χ1v) is 9.07. The summed E-state index contributed by atoms with van der Waals surface area (Å²) in [6.07, 6.45) is 0. The van der Waals surface area contributed by atoms with Crippen LogP contribution in [0.15, 0.2) is 42.5 Å². The van der Waals surface area contributed by atoms with E-state index in [0.717, 1.165) is 26.9 Å². The van der Waals surface area contributed by atoms with Crippen LogP contribution in [0.2, 0.25) is 5.02 Å². The van der Waals surface area contributed by atoms with Gasteiger partial charge < -0.3 is 5.32 Å². The molecule has 2 aromatic heterocycles. The van der Waals surface area contributed by atoms with Crippen molar-refractivity contribution in [2.45, 2.75) is 13.8 Å². The molecule has 4 aromatic rings. The molecule has 0 bridgehead atoms. The van der Waals surface area contributed by atoms with Gasteiger partial charge in [0.05, 0.1) is 10.6 Å². The van der Waals surface area contributed by atoms with E-state index in [2.05, 4.69) is 20.6 Å². The number of benzene rings is 2. The number of hydrogen-bond donors (Lipinski definition) is 1. The van der Waals surface area contributed by atoms with Gasteiger partial charge in [-0.05, 0) is 43.7 Å². The van der Waals surface area contributed by atoms with Gasteiger partial charge in [0.25, 0.3) is 5.91 Å². The summed E-state index contributed by atoms with van der Waals surface area (Å²) < 4.78 is 1.71. The van der Waals surface area contributed by atoms with Gasteiger partial charge in [-0.25, -0.2) is 0 Å². The molecule has 0 aliphatic rings. The summed E-state index contributed by atoms with van der Waals surface area (Å²) in [6.45, 7) is 3.78. The third-order valence-electron chi connectivity index (χ3n) is 3.88. The molecule has 4 rings (SSSR count). The topological polar surface area (TPSA) is 72.2 Å².